The zero-order valence-corrected chi connectivity index (χ0v) is 8.94. The zero-order valence-electron chi connectivity index (χ0n) is 8.94. The van der Waals surface area contributed by atoms with E-state index in [4.69, 9.17) is 9.25 Å². The van der Waals surface area contributed by atoms with Gasteiger partial charge in [0.05, 0.1) is 17.9 Å². The Balaban J connectivity index is 1.75. The summed E-state index contributed by atoms with van der Waals surface area (Å²) in [4.78, 5) is 16.3. The Kier molecular flexibility index (Phi) is 2.27. The molecule has 4 heteroatoms. The van der Waals surface area contributed by atoms with Gasteiger partial charge < -0.3 is 9.25 Å². The highest BCUT2D eigenvalue weighted by molar-refractivity contribution is 6.02. The second-order valence-corrected chi connectivity index (χ2v) is 4.33. The Bertz CT molecular complexity index is 443. The predicted molar refractivity (Wildman–Crippen MR) is 57.0 cm³/mol. The highest BCUT2D eigenvalue weighted by Gasteiger charge is 2.32. The molecule has 1 aromatic rings. The smallest absolute Gasteiger partial charge is 0.338 e. The van der Waals surface area contributed by atoms with Crippen LogP contribution in [-0.4, -0.2) is 11.7 Å². The van der Waals surface area contributed by atoms with Gasteiger partial charge in [0.25, 0.3) is 0 Å². The van der Waals surface area contributed by atoms with Crippen LogP contribution in [0.15, 0.2) is 21.9 Å². The molecule has 0 radical (unpaired) electrons. The van der Waals surface area contributed by atoms with Gasteiger partial charge in [-0.15, -0.1) is 0 Å². The number of nitrogens with zero attached hydrogens (tertiary/aromatic N) is 1. The second kappa shape index (κ2) is 3.77. The van der Waals surface area contributed by atoms with Gasteiger partial charge in [-0.1, -0.05) is 5.16 Å². The standard InChI is InChI=1S/C12H13NO3/c14-12(8-4-5-8)16-13-10-2-1-3-11-9(10)6-7-15-11/h6-8H,1-5H2/b13-10+. The summed E-state index contributed by atoms with van der Waals surface area (Å²) in [6.45, 7) is 0. The summed E-state index contributed by atoms with van der Waals surface area (Å²) < 4.78 is 5.33. The minimum atomic E-state index is -0.192. The van der Waals surface area contributed by atoms with Crippen molar-refractivity contribution in [3.05, 3.63) is 23.7 Å². The molecule has 0 atom stereocenters. The van der Waals surface area contributed by atoms with Crippen LogP contribution in [0.2, 0.25) is 0 Å². The molecule has 1 saturated carbocycles. The first-order valence-electron chi connectivity index (χ1n) is 5.69. The first kappa shape index (κ1) is 9.63. The van der Waals surface area contributed by atoms with Crippen molar-refractivity contribution in [1.82, 2.24) is 0 Å². The third-order valence-corrected chi connectivity index (χ3v) is 3.03. The normalized spacial score (nSPS) is 21.9. The second-order valence-electron chi connectivity index (χ2n) is 4.33. The van der Waals surface area contributed by atoms with E-state index in [0.29, 0.717) is 0 Å². The van der Waals surface area contributed by atoms with Crippen LogP contribution < -0.4 is 0 Å². The molecular formula is C12H13NO3. The highest BCUT2D eigenvalue weighted by atomic mass is 16.7. The fraction of sp³-hybridized carbons (Fsp3) is 0.500. The van der Waals surface area contributed by atoms with E-state index in [9.17, 15) is 4.79 Å². The van der Waals surface area contributed by atoms with Gasteiger partial charge >= 0.3 is 5.97 Å². The number of rotatable bonds is 2. The van der Waals surface area contributed by atoms with Crippen LogP contribution in [-0.2, 0) is 16.1 Å². The molecule has 0 N–H and O–H groups in total. The summed E-state index contributed by atoms with van der Waals surface area (Å²) in [5.41, 5.74) is 1.83. The summed E-state index contributed by atoms with van der Waals surface area (Å²) in [5, 5.41) is 3.97. The zero-order chi connectivity index (χ0) is 11.0. The van der Waals surface area contributed by atoms with Crippen LogP contribution in [0.25, 0.3) is 0 Å². The molecule has 0 aliphatic heterocycles. The first-order valence-corrected chi connectivity index (χ1v) is 5.69. The molecule has 84 valence electrons. The molecule has 0 unspecified atom stereocenters. The average molecular weight is 219 g/mol. The number of hydrogen-bond acceptors (Lipinski definition) is 4. The van der Waals surface area contributed by atoms with Gasteiger partial charge in [-0.05, 0) is 31.7 Å². The van der Waals surface area contributed by atoms with Gasteiger partial charge in [0.1, 0.15) is 5.76 Å². The maximum atomic E-state index is 11.3. The summed E-state index contributed by atoms with van der Waals surface area (Å²) in [6, 6.07) is 1.89. The largest absolute Gasteiger partial charge is 0.469 e. The van der Waals surface area contributed by atoms with E-state index in [1.807, 2.05) is 6.07 Å². The van der Waals surface area contributed by atoms with Gasteiger partial charge in [0.2, 0.25) is 0 Å². The minimum absolute atomic E-state index is 0.0942. The van der Waals surface area contributed by atoms with Crippen molar-refractivity contribution in [1.29, 1.82) is 0 Å². The molecule has 1 fully saturated rings. The first-order chi connectivity index (χ1) is 7.84. The summed E-state index contributed by atoms with van der Waals surface area (Å²) in [5.74, 6) is 0.854. The van der Waals surface area contributed by atoms with Gasteiger partial charge in [0, 0.05) is 12.0 Å². The monoisotopic (exact) mass is 219 g/mol. The molecule has 0 spiro atoms. The quantitative estimate of drug-likeness (QED) is 0.566. The van der Waals surface area contributed by atoms with Crippen molar-refractivity contribution >= 4 is 11.7 Å². The van der Waals surface area contributed by atoms with E-state index in [2.05, 4.69) is 5.16 Å². The van der Waals surface area contributed by atoms with E-state index < -0.39 is 0 Å². The molecule has 2 aliphatic carbocycles. The number of furan rings is 1. The van der Waals surface area contributed by atoms with Crippen LogP contribution >= 0.6 is 0 Å². The Labute approximate surface area is 93.3 Å². The lowest BCUT2D eigenvalue weighted by atomic mass is 9.97. The van der Waals surface area contributed by atoms with E-state index in [1.165, 1.54) is 0 Å². The summed E-state index contributed by atoms with van der Waals surface area (Å²) >= 11 is 0. The van der Waals surface area contributed by atoms with Crippen LogP contribution in [0.1, 0.15) is 37.0 Å². The van der Waals surface area contributed by atoms with E-state index in [0.717, 1.165) is 49.1 Å². The fourth-order valence-corrected chi connectivity index (χ4v) is 1.93. The molecule has 1 heterocycles. The number of hydrogen-bond donors (Lipinski definition) is 0. The summed E-state index contributed by atoms with van der Waals surface area (Å²) in [6.07, 6.45) is 6.35. The predicted octanol–water partition coefficient (Wildman–Crippen LogP) is 2.27. The number of carbonyl (C=O) groups excluding carboxylic acids is 1. The van der Waals surface area contributed by atoms with Crippen molar-refractivity contribution in [2.45, 2.75) is 32.1 Å². The van der Waals surface area contributed by atoms with Crippen molar-refractivity contribution in [3.63, 3.8) is 0 Å². The van der Waals surface area contributed by atoms with E-state index >= 15 is 0 Å². The van der Waals surface area contributed by atoms with Crippen molar-refractivity contribution in [3.8, 4) is 0 Å². The van der Waals surface area contributed by atoms with Crippen LogP contribution in [0, 0.1) is 5.92 Å². The van der Waals surface area contributed by atoms with Gasteiger partial charge in [0.15, 0.2) is 0 Å². The number of oxime groups is 1. The van der Waals surface area contributed by atoms with Crippen molar-refractivity contribution < 1.29 is 14.0 Å². The third kappa shape index (κ3) is 1.75. The molecular weight excluding hydrogens is 206 g/mol. The maximum Gasteiger partial charge on any atom is 0.338 e. The number of aryl methyl sites for hydroxylation is 1. The average Bonchev–Trinajstić information content (AvgIpc) is 3.04. The van der Waals surface area contributed by atoms with Crippen LogP contribution in [0.5, 0.6) is 0 Å². The highest BCUT2D eigenvalue weighted by Crippen LogP contribution is 2.30. The molecule has 0 amide bonds. The SMILES string of the molecule is O=C(O/N=C1\CCCc2occc21)C1CC1. The fourth-order valence-electron chi connectivity index (χ4n) is 1.93. The topological polar surface area (TPSA) is 51.8 Å². The number of fused-ring (bicyclic) bond motifs is 1. The molecule has 2 aliphatic rings. The van der Waals surface area contributed by atoms with Gasteiger partial charge in [-0.2, -0.15) is 0 Å². The Morgan fingerprint density at radius 1 is 1.44 bits per heavy atom. The molecule has 4 nitrogen and oxygen atoms in total. The molecule has 3 rings (SSSR count). The molecule has 1 aromatic heterocycles. The lowest BCUT2D eigenvalue weighted by Gasteiger charge is -2.11. The third-order valence-electron chi connectivity index (χ3n) is 3.03. The lowest BCUT2D eigenvalue weighted by molar-refractivity contribution is -0.145. The number of carbonyl (C=O) groups is 1. The molecule has 0 bridgehead atoms. The maximum absolute atomic E-state index is 11.3. The van der Waals surface area contributed by atoms with Gasteiger partial charge in [-0.3, -0.25) is 0 Å². The van der Waals surface area contributed by atoms with Crippen molar-refractivity contribution in [2.24, 2.45) is 11.1 Å². The van der Waals surface area contributed by atoms with E-state index in [-0.39, 0.29) is 11.9 Å². The molecule has 16 heavy (non-hydrogen) atoms. The van der Waals surface area contributed by atoms with Crippen LogP contribution in [0.3, 0.4) is 0 Å². The van der Waals surface area contributed by atoms with E-state index in [1.54, 1.807) is 6.26 Å². The van der Waals surface area contributed by atoms with Crippen LogP contribution in [0.4, 0.5) is 0 Å². The Morgan fingerprint density at radius 3 is 3.12 bits per heavy atom. The minimum Gasteiger partial charge on any atom is -0.469 e. The molecule has 0 saturated heterocycles. The lowest BCUT2D eigenvalue weighted by Crippen LogP contribution is -2.12. The Morgan fingerprint density at radius 2 is 2.31 bits per heavy atom. The Hall–Kier alpha value is -1.58. The van der Waals surface area contributed by atoms with Crippen molar-refractivity contribution in [2.75, 3.05) is 0 Å². The van der Waals surface area contributed by atoms with Gasteiger partial charge in [-0.25, -0.2) is 4.79 Å². The summed E-state index contributed by atoms with van der Waals surface area (Å²) in [7, 11) is 0. The molecule has 0 aromatic carbocycles.